The molecule has 0 spiro atoms. The molecule has 1 aliphatic heterocycles. The molecule has 0 saturated carbocycles. The Labute approximate surface area is 108 Å². The zero-order chi connectivity index (χ0) is 13.0. The van der Waals surface area contributed by atoms with Crippen molar-refractivity contribution < 1.29 is 4.74 Å². The van der Waals surface area contributed by atoms with E-state index in [0.717, 1.165) is 38.4 Å². The molecule has 102 valence electrons. The quantitative estimate of drug-likeness (QED) is 0.814. The van der Waals surface area contributed by atoms with Crippen LogP contribution in [0.5, 0.6) is 0 Å². The number of morpholine rings is 1. The molecule has 0 aliphatic carbocycles. The van der Waals surface area contributed by atoms with Crippen molar-refractivity contribution in [3.63, 3.8) is 0 Å². The first-order valence-electron chi connectivity index (χ1n) is 6.67. The molecule has 6 nitrogen and oxygen atoms in total. The van der Waals surface area contributed by atoms with E-state index in [2.05, 4.69) is 28.8 Å². The number of hydrogen-bond donors (Lipinski definition) is 1. The van der Waals surface area contributed by atoms with Crippen LogP contribution in [0.25, 0.3) is 0 Å². The lowest BCUT2D eigenvalue weighted by Crippen LogP contribution is -2.49. The predicted octanol–water partition coefficient (Wildman–Crippen LogP) is 0.236. The first kappa shape index (κ1) is 13.5. The lowest BCUT2D eigenvalue weighted by Gasteiger charge is -2.36. The van der Waals surface area contributed by atoms with E-state index < -0.39 is 0 Å². The van der Waals surface area contributed by atoms with Gasteiger partial charge in [-0.3, -0.25) is 4.90 Å². The molecule has 2 N–H and O–H groups in total. The lowest BCUT2D eigenvalue weighted by molar-refractivity contribution is -0.0753. The minimum atomic E-state index is 0.135. The summed E-state index contributed by atoms with van der Waals surface area (Å²) in [7, 11) is 0. The molecule has 0 aromatic carbocycles. The van der Waals surface area contributed by atoms with Crippen LogP contribution < -0.4 is 5.73 Å². The minimum absolute atomic E-state index is 0.135. The highest BCUT2D eigenvalue weighted by atomic mass is 16.5. The van der Waals surface area contributed by atoms with Crippen molar-refractivity contribution in [2.24, 2.45) is 5.73 Å². The summed E-state index contributed by atoms with van der Waals surface area (Å²) in [6.45, 7) is 8.36. The molecular weight excluding hydrogens is 230 g/mol. The van der Waals surface area contributed by atoms with Crippen molar-refractivity contribution in [3.8, 4) is 0 Å². The summed E-state index contributed by atoms with van der Waals surface area (Å²) in [5.41, 5.74) is 5.69. The van der Waals surface area contributed by atoms with Gasteiger partial charge in [-0.1, -0.05) is 6.92 Å². The Morgan fingerprint density at radius 2 is 2.33 bits per heavy atom. The van der Waals surface area contributed by atoms with Crippen LogP contribution in [0.2, 0.25) is 0 Å². The summed E-state index contributed by atoms with van der Waals surface area (Å²) >= 11 is 0. The molecule has 1 aromatic rings. The zero-order valence-corrected chi connectivity index (χ0v) is 11.2. The van der Waals surface area contributed by atoms with Crippen LogP contribution in [0.4, 0.5) is 0 Å². The molecule has 0 bridgehead atoms. The Kier molecular flexibility index (Phi) is 4.68. The minimum Gasteiger partial charge on any atom is -0.371 e. The number of nitrogens with zero attached hydrogens (tertiary/aromatic N) is 4. The number of hydrogen-bond acceptors (Lipinski definition) is 5. The molecule has 6 heteroatoms. The summed E-state index contributed by atoms with van der Waals surface area (Å²) < 4.78 is 7.74. The third kappa shape index (κ3) is 3.28. The topological polar surface area (TPSA) is 69.2 Å². The van der Waals surface area contributed by atoms with Crippen molar-refractivity contribution in [1.29, 1.82) is 0 Å². The Bertz CT molecular complexity index is 367. The fourth-order valence-electron chi connectivity index (χ4n) is 2.41. The highest BCUT2D eigenvalue weighted by Crippen LogP contribution is 2.13. The second-order valence-electron chi connectivity index (χ2n) is 4.90. The van der Waals surface area contributed by atoms with Crippen LogP contribution in [0.3, 0.4) is 0 Å². The van der Waals surface area contributed by atoms with Gasteiger partial charge in [-0.05, 0) is 13.3 Å². The summed E-state index contributed by atoms with van der Waals surface area (Å²) in [5, 5.41) is 4.25. The Morgan fingerprint density at radius 3 is 3.06 bits per heavy atom. The molecule has 1 fully saturated rings. The van der Waals surface area contributed by atoms with E-state index in [9.17, 15) is 0 Å². The first-order valence-corrected chi connectivity index (χ1v) is 6.67. The number of nitrogens with two attached hydrogens (primary N) is 1. The second-order valence-corrected chi connectivity index (χ2v) is 4.90. The van der Waals surface area contributed by atoms with Crippen molar-refractivity contribution in [2.45, 2.75) is 45.6 Å². The zero-order valence-electron chi connectivity index (χ0n) is 11.2. The van der Waals surface area contributed by atoms with Crippen LogP contribution >= 0.6 is 0 Å². The van der Waals surface area contributed by atoms with Crippen LogP contribution in [0.15, 0.2) is 6.33 Å². The van der Waals surface area contributed by atoms with E-state index >= 15 is 0 Å². The van der Waals surface area contributed by atoms with E-state index in [4.69, 9.17) is 10.5 Å². The summed E-state index contributed by atoms with van der Waals surface area (Å²) in [5.74, 6) is 1.03. The van der Waals surface area contributed by atoms with Gasteiger partial charge in [0.05, 0.1) is 18.8 Å². The van der Waals surface area contributed by atoms with Crippen molar-refractivity contribution in [1.82, 2.24) is 19.7 Å². The van der Waals surface area contributed by atoms with Crippen molar-refractivity contribution in [3.05, 3.63) is 12.2 Å². The van der Waals surface area contributed by atoms with Gasteiger partial charge >= 0.3 is 0 Å². The van der Waals surface area contributed by atoms with Gasteiger partial charge in [0.2, 0.25) is 0 Å². The van der Waals surface area contributed by atoms with E-state index in [-0.39, 0.29) is 12.2 Å². The van der Waals surface area contributed by atoms with Crippen LogP contribution in [0, 0.1) is 0 Å². The molecule has 2 rings (SSSR count). The van der Waals surface area contributed by atoms with Crippen LogP contribution in [-0.4, -0.2) is 51.5 Å². The van der Waals surface area contributed by atoms with E-state index in [1.165, 1.54) is 0 Å². The van der Waals surface area contributed by atoms with Crippen molar-refractivity contribution >= 4 is 0 Å². The normalized spacial score (nSPS) is 25.5. The molecule has 2 unspecified atom stereocenters. The lowest BCUT2D eigenvalue weighted by atomic mass is 10.2. The fourth-order valence-corrected chi connectivity index (χ4v) is 2.41. The Hall–Kier alpha value is -0.980. The summed E-state index contributed by atoms with van der Waals surface area (Å²) in [4.78, 5) is 6.69. The molecule has 1 aliphatic rings. The third-order valence-corrected chi connectivity index (χ3v) is 3.16. The molecule has 18 heavy (non-hydrogen) atoms. The van der Waals surface area contributed by atoms with E-state index in [1.807, 2.05) is 4.68 Å². The largest absolute Gasteiger partial charge is 0.371 e. The molecule has 0 amide bonds. The van der Waals surface area contributed by atoms with Gasteiger partial charge in [0.15, 0.2) is 0 Å². The Balaban J connectivity index is 1.97. The number of ether oxygens (including phenoxy) is 1. The molecule has 2 heterocycles. The second kappa shape index (κ2) is 6.26. The molecule has 1 aromatic heterocycles. The van der Waals surface area contributed by atoms with Gasteiger partial charge in [0.25, 0.3) is 0 Å². The SMILES string of the molecule is CCCn1ncnc1CN1CC(C)OC(CN)C1. The average molecular weight is 253 g/mol. The molecule has 0 radical (unpaired) electrons. The van der Waals surface area contributed by atoms with E-state index in [0.29, 0.717) is 6.54 Å². The number of aromatic nitrogens is 3. The van der Waals surface area contributed by atoms with Gasteiger partial charge in [-0.2, -0.15) is 5.10 Å². The maximum atomic E-state index is 5.75. The molecule has 1 saturated heterocycles. The fraction of sp³-hybridized carbons (Fsp3) is 0.833. The van der Waals surface area contributed by atoms with Gasteiger partial charge in [0, 0.05) is 26.2 Å². The van der Waals surface area contributed by atoms with Gasteiger partial charge in [-0.25, -0.2) is 9.67 Å². The highest BCUT2D eigenvalue weighted by molar-refractivity contribution is 4.87. The maximum Gasteiger partial charge on any atom is 0.141 e. The predicted molar refractivity (Wildman–Crippen MR) is 69.0 cm³/mol. The Morgan fingerprint density at radius 1 is 1.50 bits per heavy atom. The van der Waals surface area contributed by atoms with Gasteiger partial charge in [-0.15, -0.1) is 0 Å². The van der Waals surface area contributed by atoms with Crippen LogP contribution in [-0.2, 0) is 17.8 Å². The van der Waals surface area contributed by atoms with Gasteiger partial charge < -0.3 is 10.5 Å². The highest BCUT2D eigenvalue weighted by Gasteiger charge is 2.25. The standard InChI is InChI=1S/C12H23N5O/c1-3-4-17-12(14-9-15-17)8-16-6-10(2)18-11(5-13)7-16/h9-11H,3-8,13H2,1-2H3. The average Bonchev–Trinajstić information content (AvgIpc) is 2.76. The first-order chi connectivity index (χ1) is 8.72. The van der Waals surface area contributed by atoms with Crippen molar-refractivity contribution in [2.75, 3.05) is 19.6 Å². The monoisotopic (exact) mass is 253 g/mol. The third-order valence-electron chi connectivity index (χ3n) is 3.16. The smallest absolute Gasteiger partial charge is 0.141 e. The molecular formula is C12H23N5O. The van der Waals surface area contributed by atoms with E-state index in [1.54, 1.807) is 6.33 Å². The summed E-state index contributed by atoms with van der Waals surface area (Å²) in [6, 6.07) is 0. The summed E-state index contributed by atoms with van der Waals surface area (Å²) in [6.07, 6.45) is 3.07. The van der Waals surface area contributed by atoms with Gasteiger partial charge in [0.1, 0.15) is 12.2 Å². The van der Waals surface area contributed by atoms with Crippen LogP contribution in [0.1, 0.15) is 26.1 Å². The number of aryl methyl sites for hydroxylation is 1. The molecule has 2 atom stereocenters. The maximum absolute atomic E-state index is 5.75. The number of rotatable bonds is 5.